The number of nitrogens with two attached hydrogens (primary N) is 1. The summed E-state index contributed by atoms with van der Waals surface area (Å²) < 4.78 is 1.77. The first-order chi connectivity index (χ1) is 13.7. The topological polar surface area (TPSA) is 87.0 Å². The van der Waals surface area contributed by atoms with Gasteiger partial charge in [-0.3, -0.25) is 4.90 Å². The first kappa shape index (κ1) is 18.0. The lowest BCUT2D eigenvalue weighted by molar-refractivity contribution is 0.286. The van der Waals surface area contributed by atoms with Gasteiger partial charge in [-0.2, -0.15) is 10.4 Å². The van der Waals surface area contributed by atoms with Crippen molar-refractivity contribution in [2.24, 2.45) is 0 Å². The molecule has 1 fully saturated rings. The second-order valence-corrected chi connectivity index (χ2v) is 6.93. The van der Waals surface area contributed by atoms with E-state index in [9.17, 15) is 0 Å². The zero-order valence-electron chi connectivity index (χ0n) is 15.9. The van der Waals surface area contributed by atoms with E-state index in [4.69, 9.17) is 16.1 Å². The quantitative estimate of drug-likeness (QED) is 0.707. The van der Waals surface area contributed by atoms with Crippen LogP contribution >= 0.6 is 0 Å². The molecule has 1 aromatic carbocycles. The van der Waals surface area contributed by atoms with Crippen molar-refractivity contribution in [1.29, 1.82) is 5.26 Å². The van der Waals surface area contributed by atoms with Gasteiger partial charge in [-0.1, -0.05) is 18.2 Å². The molecule has 28 heavy (non-hydrogen) atoms. The molecule has 0 atom stereocenters. The van der Waals surface area contributed by atoms with Crippen LogP contribution in [0.5, 0.6) is 0 Å². The molecule has 4 rings (SSSR count). The summed E-state index contributed by atoms with van der Waals surface area (Å²) in [5.74, 6) is 1.59. The minimum atomic E-state index is 0.491. The Labute approximate surface area is 164 Å². The smallest absolute Gasteiger partial charge is 0.130 e. The van der Waals surface area contributed by atoms with Crippen molar-refractivity contribution in [3.8, 4) is 23.0 Å². The van der Waals surface area contributed by atoms with Gasteiger partial charge in [0.15, 0.2) is 0 Å². The zero-order chi connectivity index (χ0) is 19.5. The lowest BCUT2D eigenvalue weighted by atomic mass is 10.1. The number of para-hydroxylation sites is 1. The van der Waals surface area contributed by atoms with Crippen LogP contribution in [-0.2, 0) is 0 Å². The molecule has 0 unspecified atom stereocenters. The maximum atomic E-state index is 8.82. The maximum Gasteiger partial charge on any atom is 0.130 e. The van der Waals surface area contributed by atoms with E-state index in [2.05, 4.69) is 20.9 Å². The van der Waals surface area contributed by atoms with Gasteiger partial charge < -0.3 is 10.6 Å². The molecule has 0 radical (unpaired) electrons. The van der Waals surface area contributed by atoms with Gasteiger partial charge >= 0.3 is 0 Å². The Morgan fingerprint density at radius 2 is 1.82 bits per heavy atom. The summed E-state index contributed by atoms with van der Waals surface area (Å²) in [6, 6.07) is 16.2. The van der Waals surface area contributed by atoms with Crippen molar-refractivity contribution in [3.63, 3.8) is 0 Å². The van der Waals surface area contributed by atoms with E-state index >= 15 is 0 Å². The predicted molar refractivity (Wildman–Crippen MR) is 110 cm³/mol. The fraction of sp³-hybridized carbons (Fsp3) is 0.286. The monoisotopic (exact) mass is 373 g/mol. The van der Waals surface area contributed by atoms with Crippen LogP contribution in [0, 0.1) is 18.3 Å². The van der Waals surface area contributed by atoms with Crippen LogP contribution in [0.1, 0.15) is 5.56 Å². The number of pyridine rings is 1. The molecule has 3 aromatic rings. The van der Waals surface area contributed by atoms with Gasteiger partial charge in [0.05, 0.1) is 24.0 Å². The Kier molecular flexibility index (Phi) is 4.96. The van der Waals surface area contributed by atoms with Crippen molar-refractivity contribution in [2.75, 3.05) is 43.4 Å². The molecule has 2 aromatic heterocycles. The van der Waals surface area contributed by atoms with Crippen molar-refractivity contribution >= 4 is 11.6 Å². The van der Waals surface area contributed by atoms with Gasteiger partial charge in [0.2, 0.25) is 0 Å². The van der Waals surface area contributed by atoms with Crippen LogP contribution in [-0.4, -0.2) is 52.4 Å². The predicted octanol–water partition coefficient (Wildman–Crippen LogP) is 2.47. The standard InChI is InChI=1S/C21H23N7/c1-16-20(25-28(21(16)23)18-5-3-2-4-6-18)17-7-8-19(24-15-17)27-13-11-26(10-9-22)12-14-27/h2-8,15H,10-14,23H2,1H3. The highest BCUT2D eigenvalue weighted by Gasteiger charge is 2.19. The van der Waals surface area contributed by atoms with Gasteiger partial charge in [0, 0.05) is 43.5 Å². The lowest BCUT2D eigenvalue weighted by Gasteiger charge is -2.34. The minimum Gasteiger partial charge on any atom is -0.383 e. The molecule has 2 N–H and O–H groups in total. The second kappa shape index (κ2) is 7.71. The lowest BCUT2D eigenvalue weighted by Crippen LogP contribution is -2.46. The zero-order valence-corrected chi connectivity index (χ0v) is 15.9. The summed E-state index contributed by atoms with van der Waals surface area (Å²) in [5.41, 5.74) is 9.98. The fourth-order valence-corrected chi connectivity index (χ4v) is 3.50. The molecule has 0 bridgehead atoms. The van der Waals surface area contributed by atoms with E-state index in [1.165, 1.54) is 0 Å². The number of anilines is 2. The molecule has 1 aliphatic heterocycles. The molecule has 7 heteroatoms. The van der Waals surface area contributed by atoms with Crippen molar-refractivity contribution < 1.29 is 0 Å². The fourth-order valence-electron chi connectivity index (χ4n) is 3.50. The first-order valence-corrected chi connectivity index (χ1v) is 9.38. The molecule has 1 saturated heterocycles. The summed E-state index contributed by atoms with van der Waals surface area (Å²) in [6.45, 7) is 6.00. The highest BCUT2D eigenvalue weighted by molar-refractivity contribution is 5.69. The van der Waals surface area contributed by atoms with Crippen molar-refractivity contribution in [3.05, 3.63) is 54.2 Å². The van der Waals surface area contributed by atoms with Crippen molar-refractivity contribution in [1.82, 2.24) is 19.7 Å². The van der Waals surface area contributed by atoms with Crippen LogP contribution < -0.4 is 10.6 Å². The molecular weight excluding hydrogens is 350 g/mol. The highest BCUT2D eigenvalue weighted by Crippen LogP contribution is 2.29. The third kappa shape index (κ3) is 3.42. The summed E-state index contributed by atoms with van der Waals surface area (Å²) in [6.07, 6.45) is 1.86. The van der Waals surface area contributed by atoms with Crippen LogP contribution in [0.25, 0.3) is 16.9 Å². The molecule has 0 saturated carbocycles. The maximum absolute atomic E-state index is 8.82. The minimum absolute atomic E-state index is 0.491. The van der Waals surface area contributed by atoms with Crippen LogP contribution in [0.4, 0.5) is 11.6 Å². The average Bonchev–Trinajstić information content (AvgIpc) is 3.04. The molecule has 0 spiro atoms. The number of aromatic nitrogens is 3. The van der Waals surface area contributed by atoms with E-state index in [1.54, 1.807) is 4.68 Å². The number of hydrogen-bond donors (Lipinski definition) is 1. The van der Waals surface area contributed by atoms with Gasteiger partial charge in [0.1, 0.15) is 11.6 Å². The first-order valence-electron chi connectivity index (χ1n) is 9.38. The summed E-state index contributed by atoms with van der Waals surface area (Å²) in [5, 5.41) is 13.5. The number of benzene rings is 1. The Hall–Kier alpha value is -3.37. The van der Waals surface area contributed by atoms with E-state index in [1.807, 2.05) is 55.6 Å². The molecule has 1 aliphatic rings. The van der Waals surface area contributed by atoms with Gasteiger partial charge in [-0.25, -0.2) is 9.67 Å². The summed E-state index contributed by atoms with van der Waals surface area (Å²) in [4.78, 5) is 9.07. The Bertz CT molecular complexity index is 978. The Balaban J connectivity index is 1.54. The van der Waals surface area contributed by atoms with E-state index < -0.39 is 0 Å². The van der Waals surface area contributed by atoms with E-state index in [0.29, 0.717) is 12.4 Å². The van der Waals surface area contributed by atoms with Crippen LogP contribution in [0.3, 0.4) is 0 Å². The molecule has 0 aliphatic carbocycles. The second-order valence-electron chi connectivity index (χ2n) is 6.93. The van der Waals surface area contributed by atoms with E-state index in [0.717, 1.165) is 54.5 Å². The Morgan fingerprint density at radius 3 is 2.46 bits per heavy atom. The third-order valence-electron chi connectivity index (χ3n) is 5.18. The van der Waals surface area contributed by atoms with Crippen LogP contribution in [0.2, 0.25) is 0 Å². The van der Waals surface area contributed by atoms with Gasteiger partial charge in [-0.15, -0.1) is 0 Å². The third-order valence-corrected chi connectivity index (χ3v) is 5.18. The Morgan fingerprint density at radius 1 is 1.07 bits per heavy atom. The molecule has 0 amide bonds. The molecule has 142 valence electrons. The highest BCUT2D eigenvalue weighted by atomic mass is 15.3. The normalized spacial score (nSPS) is 14.8. The largest absolute Gasteiger partial charge is 0.383 e. The summed E-state index contributed by atoms with van der Waals surface area (Å²) in [7, 11) is 0. The average molecular weight is 373 g/mol. The number of nitriles is 1. The number of hydrogen-bond acceptors (Lipinski definition) is 6. The van der Waals surface area contributed by atoms with Crippen molar-refractivity contribution in [2.45, 2.75) is 6.92 Å². The molecular formula is C21H23N7. The number of nitrogen functional groups attached to an aromatic ring is 1. The summed E-state index contributed by atoms with van der Waals surface area (Å²) >= 11 is 0. The molecule has 7 nitrogen and oxygen atoms in total. The van der Waals surface area contributed by atoms with E-state index in [-0.39, 0.29) is 0 Å². The molecule has 3 heterocycles. The van der Waals surface area contributed by atoms with Gasteiger partial charge in [0.25, 0.3) is 0 Å². The number of rotatable bonds is 4. The number of nitrogens with zero attached hydrogens (tertiary/aromatic N) is 6. The SMILES string of the molecule is Cc1c(-c2ccc(N3CCN(CC#N)CC3)nc2)nn(-c2ccccc2)c1N. The number of piperazine rings is 1. The van der Waals surface area contributed by atoms with Gasteiger partial charge in [-0.05, 0) is 31.2 Å². The van der Waals surface area contributed by atoms with Crippen LogP contribution in [0.15, 0.2) is 48.7 Å².